The van der Waals surface area contributed by atoms with Crippen LogP contribution >= 0.6 is 23.7 Å². The Balaban J connectivity index is 0.00000242. The van der Waals surface area contributed by atoms with E-state index in [9.17, 15) is 4.79 Å². The van der Waals surface area contributed by atoms with Crippen molar-refractivity contribution in [2.45, 2.75) is 32.1 Å². The van der Waals surface area contributed by atoms with Crippen molar-refractivity contribution >= 4 is 35.3 Å². The third-order valence-corrected chi connectivity index (χ3v) is 4.23. The molecule has 1 aromatic carbocycles. The van der Waals surface area contributed by atoms with Gasteiger partial charge in [-0.1, -0.05) is 31.0 Å². The number of nitrogens with one attached hydrogen (secondary N) is 1. The van der Waals surface area contributed by atoms with Crippen LogP contribution in [-0.2, 0) is 4.79 Å². The van der Waals surface area contributed by atoms with Gasteiger partial charge in [-0.15, -0.1) is 23.7 Å². The van der Waals surface area contributed by atoms with Crippen LogP contribution in [0.25, 0.3) is 10.4 Å². The average molecular weight is 339 g/mol. The highest BCUT2D eigenvalue weighted by atomic mass is 35.5. The van der Waals surface area contributed by atoms with Gasteiger partial charge in [0.25, 0.3) is 0 Å². The maximum absolute atomic E-state index is 11.9. The molecule has 120 valence electrons. The molecule has 1 heterocycles. The van der Waals surface area contributed by atoms with E-state index in [4.69, 9.17) is 5.73 Å². The molecule has 3 nitrogen and oxygen atoms in total. The summed E-state index contributed by atoms with van der Waals surface area (Å²) in [5.74, 6) is 0.0890. The molecule has 2 rings (SSSR count). The van der Waals surface area contributed by atoms with Gasteiger partial charge in [0.1, 0.15) is 0 Å². The van der Waals surface area contributed by atoms with E-state index in [1.54, 1.807) is 11.3 Å². The predicted octanol–water partition coefficient (Wildman–Crippen LogP) is 4.68. The summed E-state index contributed by atoms with van der Waals surface area (Å²) in [6.07, 6.45) is 4.73. The van der Waals surface area contributed by atoms with E-state index in [2.05, 4.69) is 22.8 Å². The van der Waals surface area contributed by atoms with E-state index in [1.165, 1.54) is 4.88 Å². The van der Waals surface area contributed by atoms with Crippen LogP contribution in [0, 0.1) is 0 Å². The molecule has 0 saturated carbocycles. The fraction of sp³-hybridized carbons (Fsp3) is 0.353. The van der Waals surface area contributed by atoms with Crippen molar-refractivity contribution in [1.82, 2.24) is 0 Å². The second-order valence-electron chi connectivity index (χ2n) is 5.06. The zero-order valence-corrected chi connectivity index (χ0v) is 14.2. The lowest BCUT2D eigenvalue weighted by atomic mass is 10.1. The Kier molecular flexibility index (Phi) is 8.82. The van der Waals surface area contributed by atoms with Crippen LogP contribution < -0.4 is 11.1 Å². The molecule has 0 fully saturated rings. The van der Waals surface area contributed by atoms with Crippen LogP contribution in [-0.4, -0.2) is 12.5 Å². The second kappa shape index (κ2) is 10.4. The van der Waals surface area contributed by atoms with Gasteiger partial charge in [0.2, 0.25) is 5.91 Å². The predicted molar refractivity (Wildman–Crippen MR) is 97.8 cm³/mol. The molecule has 0 aliphatic heterocycles. The normalized spacial score (nSPS) is 10.0. The summed E-state index contributed by atoms with van der Waals surface area (Å²) in [6, 6.07) is 12.1. The molecular weight excluding hydrogens is 316 g/mol. The van der Waals surface area contributed by atoms with Crippen molar-refractivity contribution in [3.05, 3.63) is 41.8 Å². The summed E-state index contributed by atoms with van der Waals surface area (Å²) in [4.78, 5) is 13.1. The smallest absolute Gasteiger partial charge is 0.224 e. The van der Waals surface area contributed by atoms with Gasteiger partial charge < -0.3 is 11.1 Å². The molecule has 0 radical (unpaired) electrons. The summed E-state index contributed by atoms with van der Waals surface area (Å²) in [6.45, 7) is 0.738. The first-order chi connectivity index (χ1) is 10.3. The minimum absolute atomic E-state index is 0. The maximum atomic E-state index is 11.9. The van der Waals surface area contributed by atoms with Gasteiger partial charge in [-0.25, -0.2) is 0 Å². The molecule has 5 heteroatoms. The number of unbranched alkanes of at least 4 members (excludes halogenated alkanes) is 3. The molecule has 2 aromatic rings. The monoisotopic (exact) mass is 338 g/mol. The first-order valence-corrected chi connectivity index (χ1v) is 8.31. The van der Waals surface area contributed by atoms with Crippen LogP contribution in [0.4, 0.5) is 5.69 Å². The van der Waals surface area contributed by atoms with Gasteiger partial charge in [0.15, 0.2) is 0 Å². The number of amides is 1. The van der Waals surface area contributed by atoms with Gasteiger partial charge in [-0.05, 0) is 48.5 Å². The van der Waals surface area contributed by atoms with Crippen molar-refractivity contribution in [2.24, 2.45) is 5.73 Å². The molecule has 0 spiro atoms. The zero-order valence-electron chi connectivity index (χ0n) is 12.6. The maximum Gasteiger partial charge on any atom is 0.224 e. The number of carbonyl (C=O) groups excluding carboxylic acids is 1. The molecule has 0 bridgehead atoms. The number of carbonyl (C=O) groups is 1. The molecule has 0 atom stereocenters. The van der Waals surface area contributed by atoms with Gasteiger partial charge in [-0.3, -0.25) is 4.79 Å². The summed E-state index contributed by atoms with van der Waals surface area (Å²) in [5, 5.41) is 5.03. The SMILES string of the molecule is Cl.NCCCCCCC(=O)Nc1cccc(-c2cccs2)c1. The third kappa shape index (κ3) is 6.18. The topological polar surface area (TPSA) is 55.1 Å². The molecule has 0 aliphatic carbocycles. The zero-order chi connectivity index (χ0) is 14.9. The first kappa shape index (κ1) is 18.7. The summed E-state index contributed by atoms with van der Waals surface area (Å²) in [7, 11) is 0. The van der Waals surface area contributed by atoms with E-state index >= 15 is 0 Å². The number of anilines is 1. The number of rotatable bonds is 8. The fourth-order valence-corrected chi connectivity index (χ4v) is 2.92. The van der Waals surface area contributed by atoms with Crippen LogP contribution in [0.15, 0.2) is 41.8 Å². The van der Waals surface area contributed by atoms with E-state index in [0.717, 1.165) is 43.5 Å². The number of thiophene rings is 1. The Morgan fingerprint density at radius 2 is 1.91 bits per heavy atom. The van der Waals surface area contributed by atoms with Gasteiger partial charge in [-0.2, -0.15) is 0 Å². The minimum Gasteiger partial charge on any atom is -0.330 e. The number of halogens is 1. The fourth-order valence-electron chi connectivity index (χ4n) is 2.20. The molecule has 22 heavy (non-hydrogen) atoms. The lowest BCUT2D eigenvalue weighted by Crippen LogP contribution is -2.11. The third-order valence-electron chi connectivity index (χ3n) is 3.31. The van der Waals surface area contributed by atoms with E-state index in [0.29, 0.717) is 6.42 Å². The first-order valence-electron chi connectivity index (χ1n) is 7.43. The van der Waals surface area contributed by atoms with Gasteiger partial charge >= 0.3 is 0 Å². The lowest BCUT2D eigenvalue weighted by molar-refractivity contribution is -0.116. The van der Waals surface area contributed by atoms with Crippen molar-refractivity contribution in [1.29, 1.82) is 0 Å². The molecule has 0 unspecified atom stereocenters. The average Bonchev–Trinajstić information content (AvgIpc) is 3.01. The van der Waals surface area contributed by atoms with Crippen LogP contribution in [0.3, 0.4) is 0 Å². The van der Waals surface area contributed by atoms with Crippen LogP contribution in [0.2, 0.25) is 0 Å². The molecule has 0 saturated heterocycles. The summed E-state index contributed by atoms with van der Waals surface area (Å²) < 4.78 is 0. The number of hydrogen-bond donors (Lipinski definition) is 2. The quantitative estimate of drug-likeness (QED) is 0.686. The van der Waals surface area contributed by atoms with E-state index in [-0.39, 0.29) is 18.3 Å². The number of hydrogen-bond acceptors (Lipinski definition) is 3. The molecule has 3 N–H and O–H groups in total. The Labute approximate surface area is 142 Å². The van der Waals surface area contributed by atoms with Gasteiger partial charge in [0, 0.05) is 17.0 Å². The van der Waals surface area contributed by atoms with Crippen molar-refractivity contribution in [2.75, 3.05) is 11.9 Å². The Hall–Kier alpha value is -1.36. The Morgan fingerprint density at radius 3 is 2.64 bits per heavy atom. The highest BCUT2D eigenvalue weighted by Crippen LogP contribution is 2.26. The van der Waals surface area contributed by atoms with Crippen molar-refractivity contribution < 1.29 is 4.79 Å². The molecule has 1 aromatic heterocycles. The molecule has 1 amide bonds. The summed E-state index contributed by atoms with van der Waals surface area (Å²) >= 11 is 1.70. The Morgan fingerprint density at radius 1 is 1.09 bits per heavy atom. The van der Waals surface area contributed by atoms with Crippen molar-refractivity contribution in [3.8, 4) is 10.4 Å². The molecule has 0 aliphatic rings. The van der Waals surface area contributed by atoms with Crippen LogP contribution in [0.1, 0.15) is 32.1 Å². The van der Waals surface area contributed by atoms with Crippen molar-refractivity contribution in [3.63, 3.8) is 0 Å². The standard InChI is InChI=1S/C17H22N2OS.ClH/c18-11-4-2-1-3-10-17(20)19-15-8-5-7-14(13-15)16-9-6-12-21-16;/h5-9,12-13H,1-4,10-11,18H2,(H,19,20);1H. The Bertz CT molecular complexity index is 558. The largest absolute Gasteiger partial charge is 0.330 e. The van der Waals surface area contributed by atoms with E-state index in [1.807, 2.05) is 24.3 Å². The van der Waals surface area contributed by atoms with Gasteiger partial charge in [0.05, 0.1) is 0 Å². The lowest BCUT2D eigenvalue weighted by Gasteiger charge is -2.07. The second-order valence-corrected chi connectivity index (χ2v) is 6.01. The minimum atomic E-state index is 0. The van der Waals surface area contributed by atoms with E-state index < -0.39 is 0 Å². The highest BCUT2D eigenvalue weighted by Gasteiger charge is 2.04. The highest BCUT2D eigenvalue weighted by molar-refractivity contribution is 7.13. The number of benzene rings is 1. The number of nitrogens with two attached hydrogens (primary N) is 1. The van der Waals surface area contributed by atoms with Crippen LogP contribution in [0.5, 0.6) is 0 Å². The summed E-state index contributed by atoms with van der Waals surface area (Å²) in [5.41, 5.74) is 7.46. The molecular formula is C17H23ClN2OS.